The molecular weight excluding hydrogens is 460 g/mol. The van der Waals surface area contributed by atoms with E-state index in [2.05, 4.69) is 0 Å². The van der Waals surface area contributed by atoms with E-state index in [0.717, 1.165) is 9.87 Å². The quantitative estimate of drug-likeness (QED) is 0.382. The highest BCUT2D eigenvalue weighted by Gasteiger charge is 2.42. The number of aryl methyl sites for hydroxylation is 1. The predicted molar refractivity (Wildman–Crippen MR) is 125 cm³/mol. The number of non-ortho nitro benzene ring substituents is 1. The normalized spacial score (nSPS) is 14.3. The summed E-state index contributed by atoms with van der Waals surface area (Å²) < 4.78 is 38.6. The van der Waals surface area contributed by atoms with Gasteiger partial charge in [-0.2, -0.15) is 4.31 Å². The Hall–Kier alpha value is -4.18. The molecule has 0 atom stereocenters. The molecule has 9 nitrogen and oxygen atoms in total. The Morgan fingerprint density at radius 2 is 1.47 bits per heavy atom. The van der Waals surface area contributed by atoms with Crippen molar-refractivity contribution in [1.29, 1.82) is 0 Å². The molecular formula is C24H20N2O7S. The van der Waals surface area contributed by atoms with E-state index in [4.69, 9.17) is 9.47 Å². The van der Waals surface area contributed by atoms with Crippen LogP contribution in [0.25, 0.3) is 11.8 Å². The average molecular weight is 480 g/mol. The summed E-state index contributed by atoms with van der Waals surface area (Å²) in [4.78, 5) is 23.8. The Labute approximate surface area is 196 Å². The van der Waals surface area contributed by atoms with E-state index >= 15 is 0 Å². The number of hydrogen-bond donors (Lipinski definition) is 0. The van der Waals surface area contributed by atoms with E-state index in [1.807, 2.05) is 6.92 Å². The number of methoxy groups -OCH3 is 2. The third-order valence-electron chi connectivity index (χ3n) is 5.40. The number of carbonyl (C=O) groups is 1. The minimum Gasteiger partial charge on any atom is -0.493 e. The first kappa shape index (κ1) is 23.0. The number of nitrogens with zero attached hydrogens (tertiary/aromatic N) is 2. The summed E-state index contributed by atoms with van der Waals surface area (Å²) in [6.07, 6.45) is 1.49. The summed E-state index contributed by atoms with van der Waals surface area (Å²) >= 11 is 0. The molecule has 0 aromatic heterocycles. The number of nitro benzene ring substituents is 1. The zero-order chi connectivity index (χ0) is 24.6. The van der Waals surface area contributed by atoms with Crippen molar-refractivity contribution in [2.24, 2.45) is 0 Å². The first-order valence-electron chi connectivity index (χ1n) is 10.1. The van der Waals surface area contributed by atoms with Crippen molar-refractivity contribution in [1.82, 2.24) is 4.31 Å². The number of nitro groups is 1. The summed E-state index contributed by atoms with van der Waals surface area (Å²) in [5, 5.41) is 11.0. The van der Waals surface area contributed by atoms with Gasteiger partial charge in [0.2, 0.25) is 0 Å². The Morgan fingerprint density at radius 3 is 2.00 bits per heavy atom. The summed E-state index contributed by atoms with van der Waals surface area (Å²) in [7, 11) is -1.43. The van der Waals surface area contributed by atoms with Crippen LogP contribution in [0.15, 0.2) is 65.6 Å². The molecule has 1 aliphatic rings. The highest BCUT2D eigenvalue weighted by molar-refractivity contribution is 7.90. The van der Waals surface area contributed by atoms with Gasteiger partial charge in [-0.15, -0.1) is 0 Å². The Bertz CT molecular complexity index is 1430. The lowest BCUT2D eigenvalue weighted by Gasteiger charge is -2.19. The molecule has 10 heteroatoms. The fourth-order valence-corrected chi connectivity index (χ4v) is 5.05. The average Bonchev–Trinajstić information content (AvgIpc) is 3.09. The number of hydrogen-bond acceptors (Lipinski definition) is 7. The van der Waals surface area contributed by atoms with Gasteiger partial charge >= 0.3 is 0 Å². The van der Waals surface area contributed by atoms with Crippen LogP contribution in [0.5, 0.6) is 11.5 Å². The van der Waals surface area contributed by atoms with Gasteiger partial charge in [0.1, 0.15) is 0 Å². The van der Waals surface area contributed by atoms with E-state index in [1.165, 1.54) is 68.8 Å². The first-order chi connectivity index (χ1) is 16.2. The van der Waals surface area contributed by atoms with Crippen molar-refractivity contribution in [3.05, 3.63) is 93.0 Å². The highest BCUT2D eigenvalue weighted by atomic mass is 32.2. The highest BCUT2D eigenvalue weighted by Crippen LogP contribution is 2.43. The maximum atomic E-state index is 13.6. The van der Waals surface area contributed by atoms with Crippen LogP contribution in [0.3, 0.4) is 0 Å². The van der Waals surface area contributed by atoms with E-state index < -0.39 is 20.9 Å². The van der Waals surface area contributed by atoms with Gasteiger partial charge in [-0.05, 0) is 55.0 Å². The van der Waals surface area contributed by atoms with Gasteiger partial charge in [-0.3, -0.25) is 14.9 Å². The molecule has 3 aromatic carbocycles. The predicted octanol–water partition coefficient (Wildman–Crippen LogP) is 4.26. The molecule has 174 valence electrons. The molecule has 0 aliphatic carbocycles. The molecule has 0 spiro atoms. The lowest BCUT2D eigenvalue weighted by atomic mass is 10.0. The zero-order valence-corrected chi connectivity index (χ0v) is 19.3. The van der Waals surface area contributed by atoms with Gasteiger partial charge in [0.25, 0.3) is 21.6 Å². The van der Waals surface area contributed by atoms with Crippen molar-refractivity contribution < 1.29 is 27.6 Å². The number of amides is 1. The fraction of sp³-hybridized carbons (Fsp3) is 0.125. The molecule has 0 saturated carbocycles. The molecule has 0 saturated heterocycles. The second-order valence-electron chi connectivity index (χ2n) is 7.52. The second-order valence-corrected chi connectivity index (χ2v) is 9.31. The van der Waals surface area contributed by atoms with E-state index in [-0.39, 0.29) is 27.6 Å². The van der Waals surface area contributed by atoms with E-state index in [0.29, 0.717) is 16.9 Å². The SMILES string of the molecule is COc1cc2c(cc1OC)/C(=C\c1ccc([N+](=O)[O-])cc1)N(S(=O)(=O)c1ccc(C)cc1)C2=O. The van der Waals surface area contributed by atoms with Crippen molar-refractivity contribution in [2.75, 3.05) is 14.2 Å². The number of ether oxygens (including phenoxy) is 2. The van der Waals surface area contributed by atoms with E-state index in [1.54, 1.807) is 12.1 Å². The Balaban J connectivity index is 1.94. The fourth-order valence-electron chi connectivity index (χ4n) is 3.64. The van der Waals surface area contributed by atoms with Crippen LogP contribution in [0, 0.1) is 17.0 Å². The largest absolute Gasteiger partial charge is 0.493 e. The van der Waals surface area contributed by atoms with Crippen molar-refractivity contribution >= 4 is 33.4 Å². The molecule has 1 heterocycles. The molecule has 3 aromatic rings. The molecule has 34 heavy (non-hydrogen) atoms. The number of sulfonamides is 1. The van der Waals surface area contributed by atoms with Crippen LogP contribution in [-0.4, -0.2) is 37.8 Å². The lowest BCUT2D eigenvalue weighted by molar-refractivity contribution is -0.384. The van der Waals surface area contributed by atoms with Gasteiger partial charge in [0.15, 0.2) is 11.5 Å². The third-order valence-corrected chi connectivity index (χ3v) is 7.11. The summed E-state index contributed by atoms with van der Waals surface area (Å²) in [5.74, 6) is -0.151. The van der Waals surface area contributed by atoms with E-state index in [9.17, 15) is 23.3 Å². The maximum absolute atomic E-state index is 13.6. The molecule has 0 unspecified atom stereocenters. The number of fused-ring (bicyclic) bond motifs is 1. The Morgan fingerprint density at radius 1 is 0.912 bits per heavy atom. The van der Waals surface area contributed by atoms with Crippen molar-refractivity contribution in [2.45, 2.75) is 11.8 Å². The van der Waals surface area contributed by atoms with Crippen molar-refractivity contribution in [3.8, 4) is 11.5 Å². The summed E-state index contributed by atoms with van der Waals surface area (Å²) in [5.41, 5.74) is 1.78. The summed E-state index contributed by atoms with van der Waals surface area (Å²) in [6.45, 7) is 1.83. The number of rotatable bonds is 6. The van der Waals surface area contributed by atoms with Crippen LogP contribution >= 0.6 is 0 Å². The lowest BCUT2D eigenvalue weighted by Crippen LogP contribution is -2.30. The standard InChI is InChI=1S/C24H20N2O7S/c1-15-4-10-18(11-5-15)34(30,31)25-21(12-16-6-8-17(9-7-16)26(28)29)19-13-22(32-2)23(33-3)14-20(19)24(25)27/h4-14H,1-3H3/b21-12+. The molecule has 0 fully saturated rings. The number of carbonyl (C=O) groups excluding carboxylic acids is 1. The molecule has 1 amide bonds. The molecule has 4 rings (SSSR count). The monoisotopic (exact) mass is 480 g/mol. The second kappa shape index (κ2) is 8.64. The smallest absolute Gasteiger partial charge is 0.273 e. The first-order valence-corrected chi connectivity index (χ1v) is 11.5. The van der Waals surface area contributed by atoms with Gasteiger partial charge in [-0.1, -0.05) is 17.7 Å². The summed E-state index contributed by atoms with van der Waals surface area (Å²) in [6, 6.07) is 14.7. The van der Waals surface area contributed by atoms with Crippen LogP contribution in [0.1, 0.15) is 27.0 Å². The molecule has 0 radical (unpaired) electrons. The van der Waals surface area contributed by atoms with Crippen LogP contribution in [0.4, 0.5) is 5.69 Å². The molecule has 0 bridgehead atoms. The zero-order valence-electron chi connectivity index (χ0n) is 18.5. The van der Waals surface area contributed by atoms with Gasteiger partial charge < -0.3 is 9.47 Å². The molecule has 1 aliphatic heterocycles. The minimum absolute atomic E-state index is 0.0483. The van der Waals surface area contributed by atoms with Crippen molar-refractivity contribution in [3.63, 3.8) is 0 Å². The third kappa shape index (κ3) is 3.88. The van der Waals surface area contributed by atoms with Crippen LogP contribution in [0.2, 0.25) is 0 Å². The Kier molecular flexibility index (Phi) is 5.84. The topological polar surface area (TPSA) is 116 Å². The minimum atomic E-state index is -4.28. The van der Waals surface area contributed by atoms with Gasteiger partial charge in [0.05, 0.1) is 35.3 Å². The van der Waals surface area contributed by atoms with Gasteiger partial charge in [0, 0.05) is 17.7 Å². The van der Waals surface area contributed by atoms with Crippen LogP contribution < -0.4 is 9.47 Å². The van der Waals surface area contributed by atoms with Gasteiger partial charge in [-0.25, -0.2) is 8.42 Å². The van der Waals surface area contributed by atoms with Crippen LogP contribution in [-0.2, 0) is 10.0 Å². The molecule has 0 N–H and O–H groups in total. The maximum Gasteiger partial charge on any atom is 0.273 e. The number of benzene rings is 3.